The molecule has 0 unspecified atom stereocenters. The average Bonchev–Trinajstić information content (AvgIpc) is 1.40. The molecule has 4 rings (SSSR count). The number of hydrogen-bond acceptors (Lipinski definition) is 18. The molecule has 11 amide bonds. The van der Waals surface area contributed by atoms with E-state index < -0.39 is 101 Å². The quantitative estimate of drug-likeness (QED) is 0.0240. The summed E-state index contributed by atoms with van der Waals surface area (Å²) in [6.45, 7) is 32.6. The minimum Gasteiger partial charge on any atom is -0.450 e. The minimum atomic E-state index is -1.36. The zero-order valence-corrected chi connectivity index (χ0v) is 68.7. The summed E-state index contributed by atoms with van der Waals surface area (Å²) in [5, 5.41) is 28.3. The first kappa shape index (κ1) is 94.1. The summed E-state index contributed by atoms with van der Waals surface area (Å²) in [6, 6.07) is 11.1. The van der Waals surface area contributed by atoms with Gasteiger partial charge in [-0.05, 0) is 142 Å². The number of likely N-dealkylation sites (N-methyl/N-ethyl adjacent to an activating group) is 1. The molecule has 0 aliphatic carbocycles. The van der Waals surface area contributed by atoms with E-state index in [1.807, 2.05) is 131 Å². The van der Waals surface area contributed by atoms with Crippen LogP contribution in [0.4, 0.5) is 15.3 Å². The fourth-order valence-electron chi connectivity index (χ4n) is 12.8. The highest BCUT2D eigenvalue weighted by atomic mass is 32.1. The second-order valence-corrected chi connectivity index (χ2v) is 32.4. The number of ether oxygens (including phenoxy) is 3. The minimum absolute atomic E-state index is 0.00493. The first-order valence-electron chi connectivity index (χ1n) is 38.1. The number of nitrogens with one attached hydrogen (secondary N) is 9. The van der Waals surface area contributed by atoms with Crippen LogP contribution in [0.5, 0.6) is 0 Å². The number of primary amides is 1. The van der Waals surface area contributed by atoms with Gasteiger partial charge in [-0.1, -0.05) is 124 Å². The van der Waals surface area contributed by atoms with Gasteiger partial charge in [-0.2, -0.15) is 0 Å². The van der Waals surface area contributed by atoms with Crippen molar-refractivity contribution in [3.63, 3.8) is 0 Å². The van der Waals surface area contributed by atoms with Crippen LogP contribution in [0.1, 0.15) is 204 Å². The van der Waals surface area contributed by atoms with Crippen LogP contribution in [-0.4, -0.2) is 193 Å². The highest BCUT2D eigenvalue weighted by Gasteiger charge is 2.44. The van der Waals surface area contributed by atoms with Crippen molar-refractivity contribution in [2.24, 2.45) is 40.6 Å². The highest BCUT2D eigenvalue weighted by Crippen LogP contribution is 2.31. The molecule has 1 aliphatic heterocycles. The van der Waals surface area contributed by atoms with Gasteiger partial charge in [-0.15, -0.1) is 11.3 Å². The standard InChI is InChI=1S/C42H66N6O8S.C37H64N8O6/c1-12-27(5)35(47(9)39(51)34(26(3)4)45-40(52)42(7,8)46-41(53)56-13-2)32(54-10)25-33(49)48-22-17-20-31(48)36(55-11)28(6)37(50)44-30(38-43-21-23-57-38)24-29-18-15-14-16-19-29;1-23(2)30(34(50)43-28(14-12-22-41-35(39)51)33(49)42-25-17-15-24(3)16-18-25)44-32(48)26(38)13-10-11-21-40-29(46)20-19-27(45-37(7,8)9)31(47)36(4,5)6/h14-16,18-19,21,23,26-28,30-32,34-36H,12-13,17,20,22,24-25H2,1-11H3,(H,44,50)(H,45,52)(H,46,53);15-18,23,26-28,30,45H,10-14,19-22,38H2,1-9H3,(H,40,46)(H,42,49)(H,43,50)(H,44,48)(H3,39,41,51)/t27-,28+,30-,31-,32+,34-,35-,36+;26-,27+,28-,30-/m00/s1. The molecule has 0 spiro atoms. The summed E-state index contributed by atoms with van der Waals surface area (Å²) in [5.41, 5.74) is 11.8. The summed E-state index contributed by atoms with van der Waals surface area (Å²) in [7, 11) is 4.79. The van der Waals surface area contributed by atoms with Gasteiger partial charge in [0.15, 0.2) is 5.78 Å². The van der Waals surface area contributed by atoms with Crippen LogP contribution in [0.2, 0.25) is 0 Å². The Morgan fingerprint density at radius 1 is 0.722 bits per heavy atom. The third kappa shape index (κ3) is 31.8. The number of urea groups is 1. The Balaban J connectivity index is 0.000000564. The van der Waals surface area contributed by atoms with Crippen LogP contribution < -0.4 is 59.3 Å². The lowest BCUT2D eigenvalue weighted by Gasteiger charge is -2.41. The van der Waals surface area contributed by atoms with Crippen LogP contribution in [0.3, 0.4) is 0 Å². The van der Waals surface area contributed by atoms with Crippen molar-refractivity contribution >= 4 is 82.2 Å². The summed E-state index contributed by atoms with van der Waals surface area (Å²) >= 11 is 1.49. The summed E-state index contributed by atoms with van der Waals surface area (Å²) in [6.07, 6.45) is 5.10. The topological polar surface area (TPSA) is 395 Å². The summed E-state index contributed by atoms with van der Waals surface area (Å²) < 4.78 is 17.0. The maximum atomic E-state index is 14.3. The molecule has 12 atom stereocenters. The van der Waals surface area contributed by atoms with Crippen molar-refractivity contribution in [1.29, 1.82) is 0 Å². The molecule has 1 fully saturated rings. The van der Waals surface area contributed by atoms with Crippen molar-refractivity contribution in [2.45, 2.75) is 266 Å². The van der Waals surface area contributed by atoms with Gasteiger partial charge in [0, 0.05) is 75.5 Å². The van der Waals surface area contributed by atoms with Crippen LogP contribution >= 0.6 is 11.3 Å². The maximum Gasteiger partial charge on any atom is 0.407 e. The van der Waals surface area contributed by atoms with Gasteiger partial charge >= 0.3 is 12.1 Å². The molecular formula is C79H130N14O14S. The molecule has 1 aliphatic rings. The van der Waals surface area contributed by atoms with E-state index in [0.29, 0.717) is 70.1 Å². The molecule has 606 valence electrons. The molecule has 28 nitrogen and oxygen atoms in total. The third-order valence-corrected chi connectivity index (χ3v) is 20.1. The SMILES string of the molecule is CCOC(=O)NC(C)(C)C(=O)N[C@H](C(=O)N(C)[C@@H]([C@@H](C)CC)[C@@H](CC(=O)N1CCC[C@H]1[C@H](OC)[C@@H](C)C(=O)N[C@@H](Cc1ccccc1)c1nccs1)OC)C(C)C.Cc1ccc(NC(=O)[C@H](CCCNC(N)=O)NC(=O)[C@@H](NC(=O)[C@@H](N)CCCCNC(=O)CC[C@@H](NC(C)(C)C)C(=O)C(C)(C)C)C(C)C)cc1. The predicted molar refractivity (Wildman–Crippen MR) is 421 cm³/mol. The number of carbonyl (C=O) groups excluding carboxylic acids is 11. The molecule has 0 bridgehead atoms. The molecule has 108 heavy (non-hydrogen) atoms. The van der Waals surface area contributed by atoms with Crippen LogP contribution in [0.15, 0.2) is 66.2 Å². The smallest absolute Gasteiger partial charge is 0.407 e. The molecule has 3 aromatic rings. The van der Waals surface area contributed by atoms with Crippen molar-refractivity contribution in [2.75, 3.05) is 52.8 Å². The van der Waals surface area contributed by atoms with Gasteiger partial charge in [-0.25, -0.2) is 14.6 Å². The number of carbonyl (C=O) groups is 11. The number of aromatic nitrogens is 1. The van der Waals surface area contributed by atoms with Crippen molar-refractivity contribution in [3.8, 4) is 0 Å². The van der Waals surface area contributed by atoms with E-state index in [1.165, 1.54) is 32.3 Å². The van der Waals surface area contributed by atoms with Gasteiger partial charge in [0.25, 0.3) is 0 Å². The van der Waals surface area contributed by atoms with E-state index in [9.17, 15) is 52.7 Å². The monoisotopic (exact) mass is 1530 g/mol. The molecule has 13 N–H and O–H groups in total. The Bertz CT molecular complexity index is 3330. The number of thiazole rings is 1. The number of amides is 11. The van der Waals surface area contributed by atoms with E-state index >= 15 is 0 Å². The lowest BCUT2D eigenvalue weighted by molar-refractivity contribution is -0.148. The number of aryl methyl sites for hydroxylation is 1. The van der Waals surface area contributed by atoms with E-state index in [1.54, 1.807) is 63.1 Å². The Labute approximate surface area is 645 Å². The molecule has 1 aromatic heterocycles. The molecule has 0 radical (unpaired) electrons. The number of ketones is 1. The van der Waals surface area contributed by atoms with E-state index in [2.05, 4.69) is 52.8 Å². The number of alkyl carbamates (subject to hydrolysis) is 1. The number of likely N-dealkylation sites (tertiary alicyclic amines) is 1. The second-order valence-electron chi connectivity index (χ2n) is 31.5. The fourth-order valence-corrected chi connectivity index (χ4v) is 13.5. The predicted octanol–water partition coefficient (Wildman–Crippen LogP) is 7.90. The lowest BCUT2D eigenvalue weighted by Crippen LogP contribution is -2.62. The number of anilines is 1. The second kappa shape index (κ2) is 45.8. The van der Waals surface area contributed by atoms with E-state index in [-0.39, 0.29) is 97.2 Å². The molecule has 2 aromatic carbocycles. The average molecular weight is 1530 g/mol. The largest absolute Gasteiger partial charge is 0.450 e. The van der Waals surface area contributed by atoms with Gasteiger partial charge in [0.05, 0.1) is 61.4 Å². The van der Waals surface area contributed by atoms with Crippen molar-refractivity contribution in [3.05, 3.63) is 82.3 Å². The van der Waals surface area contributed by atoms with Crippen molar-refractivity contribution in [1.82, 2.24) is 57.3 Å². The number of nitrogens with zero attached hydrogens (tertiary/aromatic N) is 3. The van der Waals surface area contributed by atoms with Crippen LogP contribution in [-0.2, 0) is 63.8 Å². The molecular weight excluding hydrogens is 1400 g/mol. The Morgan fingerprint density at radius 2 is 1.36 bits per heavy atom. The first-order valence-corrected chi connectivity index (χ1v) is 39.0. The third-order valence-electron chi connectivity index (χ3n) is 19.2. The maximum absolute atomic E-state index is 14.3. The van der Waals surface area contributed by atoms with Crippen molar-refractivity contribution < 1.29 is 67.0 Å². The van der Waals surface area contributed by atoms with E-state index in [4.69, 9.17) is 25.7 Å². The number of nitrogens with two attached hydrogens (primary N) is 2. The normalized spacial score (nSPS) is 16.2. The first-order chi connectivity index (χ1) is 50.6. The van der Waals surface area contributed by atoms with Gasteiger partial charge < -0.3 is 83.3 Å². The summed E-state index contributed by atoms with van der Waals surface area (Å²) in [5.74, 6) is -4.06. The Hall–Kier alpha value is -8.12. The molecule has 2 heterocycles. The number of methoxy groups -OCH3 is 2. The van der Waals surface area contributed by atoms with Crippen LogP contribution in [0.25, 0.3) is 0 Å². The number of unbranched alkanes of at least 4 members (excludes halogenated alkanes) is 1. The van der Waals surface area contributed by atoms with Crippen LogP contribution in [0, 0.1) is 36.0 Å². The number of hydrogen-bond donors (Lipinski definition) is 11. The van der Waals surface area contributed by atoms with Gasteiger partial charge in [-0.3, -0.25) is 43.2 Å². The zero-order valence-electron chi connectivity index (χ0n) is 67.9. The Kier molecular flexibility index (Phi) is 39.9. The lowest BCUT2D eigenvalue weighted by atomic mass is 9.84. The number of benzene rings is 2. The zero-order chi connectivity index (χ0) is 81.4. The fraction of sp³-hybridized carbons (Fsp3) is 0.671. The molecule has 1 saturated heterocycles. The number of Topliss-reactive ketones (excluding diaryl/α,β-unsaturated/α-hetero) is 1. The van der Waals surface area contributed by atoms with E-state index in [0.717, 1.165) is 22.6 Å². The van der Waals surface area contributed by atoms with Gasteiger partial charge in [0.1, 0.15) is 28.7 Å². The van der Waals surface area contributed by atoms with Gasteiger partial charge in [0.2, 0.25) is 47.3 Å². The molecule has 0 saturated carbocycles. The number of rotatable bonds is 42. The highest BCUT2D eigenvalue weighted by molar-refractivity contribution is 7.09. The molecule has 29 heteroatoms. The Morgan fingerprint density at radius 3 is 1.92 bits per heavy atom. The summed E-state index contributed by atoms with van der Waals surface area (Å²) in [4.78, 5) is 152.